The van der Waals surface area contributed by atoms with Gasteiger partial charge in [-0.25, -0.2) is 8.78 Å². The highest BCUT2D eigenvalue weighted by molar-refractivity contribution is 5.24. The molecule has 2 nitrogen and oxygen atoms in total. The van der Waals surface area contributed by atoms with Crippen LogP contribution in [-0.4, -0.2) is 19.0 Å². The van der Waals surface area contributed by atoms with Crippen molar-refractivity contribution in [3.8, 4) is 0 Å². The Morgan fingerprint density at radius 2 is 1.52 bits per heavy atom. The van der Waals surface area contributed by atoms with Gasteiger partial charge in [-0.05, 0) is 38.8 Å². The fourth-order valence-electron chi connectivity index (χ4n) is 3.43. The summed E-state index contributed by atoms with van der Waals surface area (Å²) in [6.45, 7) is 8.83. The van der Waals surface area contributed by atoms with E-state index in [0.717, 1.165) is 25.3 Å². The van der Waals surface area contributed by atoms with Crippen LogP contribution >= 0.6 is 0 Å². The van der Waals surface area contributed by atoms with Crippen LogP contribution in [0.15, 0.2) is 18.2 Å². The zero-order chi connectivity index (χ0) is 18.7. The average molecular weight is 356 g/mol. The lowest BCUT2D eigenvalue weighted by Crippen LogP contribution is -2.40. The Labute approximate surface area is 151 Å². The lowest BCUT2D eigenvalue weighted by molar-refractivity contribution is -0.236. The topological polar surface area (TPSA) is 18.5 Å². The van der Waals surface area contributed by atoms with Crippen molar-refractivity contribution in [2.24, 2.45) is 0 Å². The summed E-state index contributed by atoms with van der Waals surface area (Å²) in [6, 6.07) is 3.79. The van der Waals surface area contributed by atoms with Crippen molar-refractivity contribution in [1.82, 2.24) is 0 Å². The van der Waals surface area contributed by atoms with Crippen LogP contribution in [0.4, 0.5) is 8.78 Å². The number of ether oxygens (including phenoxy) is 2. The van der Waals surface area contributed by atoms with E-state index in [4.69, 9.17) is 9.47 Å². The van der Waals surface area contributed by atoms with Gasteiger partial charge in [0, 0.05) is 25.2 Å². The van der Waals surface area contributed by atoms with Gasteiger partial charge in [0.2, 0.25) is 0 Å². The lowest BCUT2D eigenvalue weighted by atomic mass is 9.85. The number of unbranched alkanes of at least 4 members (excludes halogenated alkanes) is 5. The second-order valence-electron chi connectivity index (χ2n) is 6.66. The van der Waals surface area contributed by atoms with Gasteiger partial charge in [0.1, 0.15) is 11.6 Å². The van der Waals surface area contributed by atoms with E-state index >= 15 is 0 Å². The molecule has 0 heterocycles. The molecule has 0 amide bonds. The Kier molecular flexibility index (Phi) is 10.2. The second-order valence-corrected chi connectivity index (χ2v) is 6.66. The molecule has 1 aromatic carbocycles. The van der Waals surface area contributed by atoms with E-state index < -0.39 is 17.4 Å². The van der Waals surface area contributed by atoms with E-state index in [1.54, 1.807) is 0 Å². The van der Waals surface area contributed by atoms with E-state index in [9.17, 15) is 8.78 Å². The molecule has 4 heteroatoms. The minimum atomic E-state index is -0.911. The molecule has 0 saturated carbocycles. The van der Waals surface area contributed by atoms with Gasteiger partial charge >= 0.3 is 0 Å². The van der Waals surface area contributed by atoms with Gasteiger partial charge in [0.05, 0.1) is 0 Å². The minimum Gasteiger partial charge on any atom is -0.350 e. The maximum absolute atomic E-state index is 14.4. The van der Waals surface area contributed by atoms with E-state index in [1.165, 1.54) is 37.8 Å². The fraction of sp³-hybridized carbons (Fsp3) is 0.714. The van der Waals surface area contributed by atoms with Crippen LogP contribution in [-0.2, 0) is 9.47 Å². The molecule has 0 fully saturated rings. The van der Waals surface area contributed by atoms with E-state index in [-0.39, 0.29) is 5.92 Å². The van der Waals surface area contributed by atoms with E-state index in [0.29, 0.717) is 18.8 Å². The molecule has 0 N–H and O–H groups in total. The molecular weight excluding hydrogens is 322 g/mol. The zero-order valence-electron chi connectivity index (χ0n) is 16.2. The van der Waals surface area contributed by atoms with Gasteiger partial charge < -0.3 is 9.47 Å². The largest absolute Gasteiger partial charge is 0.350 e. The minimum absolute atomic E-state index is 0.265. The van der Waals surface area contributed by atoms with Gasteiger partial charge in [-0.3, -0.25) is 0 Å². The molecule has 0 aliphatic heterocycles. The first-order valence-corrected chi connectivity index (χ1v) is 9.71. The Morgan fingerprint density at radius 1 is 0.920 bits per heavy atom. The van der Waals surface area contributed by atoms with Crippen molar-refractivity contribution in [3.05, 3.63) is 35.4 Å². The predicted octanol–water partition coefficient (Wildman–Crippen LogP) is 6.59. The van der Waals surface area contributed by atoms with Crippen LogP contribution in [0.5, 0.6) is 0 Å². The number of hydrogen-bond acceptors (Lipinski definition) is 2. The molecule has 0 aliphatic rings. The van der Waals surface area contributed by atoms with Crippen LogP contribution in [0.1, 0.15) is 84.1 Å². The SMILES string of the molecule is CCCCCCCCC(c1ccc(F)cc1F)C(C)(OCC)OCC. The molecule has 0 aliphatic carbocycles. The molecule has 0 spiro atoms. The summed E-state index contributed by atoms with van der Waals surface area (Å²) in [7, 11) is 0. The number of benzene rings is 1. The normalized spacial score (nSPS) is 13.2. The molecule has 1 atom stereocenters. The molecule has 0 saturated heterocycles. The Balaban J connectivity index is 2.92. The standard InChI is InChI=1S/C21H34F2O2/c1-5-8-9-10-11-12-13-19(21(4,24-6-2)25-7-3)18-15-14-17(22)16-20(18)23/h14-16,19H,5-13H2,1-4H3. The average Bonchev–Trinajstić information content (AvgIpc) is 2.55. The number of rotatable bonds is 13. The van der Waals surface area contributed by atoms with Crippen molar-refractivity contribution in [1.29, 1.82) is 0 Å². The number of hydrogen-bond donors (Lipinski definition) is 0. The van der Waals surface area contributed by atoms with E-state index in [1.807, 2.05) is 20.8 Å². The van der Waals surface area contributed by atoms with Crippen LogP contribution in [0.25, 0.3) is 0 Å². The van der Waals surface area contributed by atoms with Gasteiger partial charge in [-0.2, -0.15) is 0 Å². The zero-order valence-corrected chi connectivity index (χ0v) is 16.2. The molecule has 1 unspecified atom stereocenters. The Morgan fingerprint density at radius 3 is 2.08 bits per heavy atom. The summed E-state index contributed by atoms with van der Waals surface area (Å²) in [4.78, 5) is 0. The first kappa shape index (κ1) is 22.0. The van der Waals surface area contributed by atoms with Crippen LogP contribution in [0, 0.1) is 11.6 Å². The third-order valence-electron chi connectivity index (χ3n) is 4.68. The van der Waals surface area contributed by atoms with Crippen molar-refractivity contribution in [3.63, 3.8) is 0 Å². The van der Waals surface area contributed by atoms with Crippen molar-refractivity contribution in [2.45, 2.75) is 84.3 Å². The third kappa shape index (κ3) is 7.02. The first-order valence-electron chi connectivity index (χ1n) is 9.71. The van der Waals surface area contributed by atoms with Gasteiger partial charge in [-0.1, -0.05) is 51.5 Å². The molecule has 0 bridgehead atoms. The smallest absolute Gasteiger partial charge is 0.172 e. The van der Waals surface area contributed by atoms with Crippen LogP contribution < -0.4 is 0 Å². The highest BCUT2D eigenvalue weighted by atomic mass is 19.1. The molecule has 25 heavy (non-hydrogen) atoms. The highest BCUT2D eigenvalue weighted by Crippen LogP contribution is 2.38. The summed E-state index contributed by atoms with van der Waals surface area (Å²) in [5.74, 6) is -2.26. The summed E-state index contributed by atoms with van der Waals surface area (Å²) in [5.41, 5.74) is 0.472. The van der Waals surface area contributed by atoms with E-state index in [2.05, 4.69) is 6.92 Å². The second kappa shape index (κ2) is 11.6. The Bertz CT molecular complexity index is 485. The van der Waals surface area contributed by atoms with Crippen molar-refractivity contribution >= 4 is 0 Å². The summed E-state index contributed by atoms with van der Waals surface area (Å²) < 4.78 is 39.5. The van der Waals surface area contributed by atoms with Crippen LogP contribution in [0.3, 0.4) is 0 Å². The van der Waals surface area contributed by atoms with Gasteiger partial charge in [0.25, 0.3) is 0 Å². The first-order chi connectivity index (χ1) is 12.0. The molecule has 0 aromatic heterocycles. The van der Waals surface area contributed by atoms with Crippen LogP contribution in [0.2, 0.25) is 0 Å². The highest BCUT2D eigenvalue weighted by Gasteiger charge is 2.38. The molecular formula is C21H34F2O2. The molecule has 144 valence electrons. The lowest BCUT2D eigenvalue weighted by Gasteiger charge is -2.37. The Hall–Kier alpha value is -1.00. The summed E-state index contributed by atoms with van der Waals surface area (Å²) in [5, 5.41) is 0. The number of halogens is 2. The molecule has 1 rings (SSSR count). The quantitative estimate of drug-likeness (QED) is 0.293. The van der Waals surface area contributed by atoms with Crippen molar-refractivity contribution < 1.29 is 18.3 Å². The monoisotopic (exact) mass is 356 g/mol. The van der Waals surface area contributed by atoms with Gasteiger partial charge in [-0.15, -0.1) is 0 Å². The van der Waals surface area contributed by atoms with Gasteiger partial charge in [0.15, 0.2) is 5.79 Å². The maximum atomic E-state index is 14.4. The fourth-order valence-corrected chi connectivity index (χ4v) is 3.43. The maximum Gasteiger partial charge on any atom is 0.172 e. The summed E-state index contributed by atoms with van der Waals surface area (Å²) >= 11 is 0. The molecule has 1 aromatic rings. The summed E-state index contributed by atoms with van der Waals surface area (Å²) in [6.07, 6.45) is 7.73. The predicted molar refractivity (Wildman–Crippen MR) is 98.7 cm³/mol. The third-order valence-corrected chi connectivity index (χ3v) is 4.68. The molecule has 0 radical (unpaired) electrons. The van der Waals surface area contributed by atoms with Crippen molar-refractivity contribution in [2.75, 3.05) is 13.2 Å².